The lowest BCUT2D eigenvalue weighted by molar-refractivity contribution is 0.258. The van der Waals surface area contributed by atoms with Gasteiger partial charge in [0.2, 0.25) is 15.1 Å². The molecule has 1 heterocycles. The number of hydrogen-bond acceptors (Lipinski definition) is 6. The van der Waals surface area contributed by atoms with Crippen LogP contribution in [-0.2, 0) is 10.0 Å². The first-order valence-corrected chi connectivity index (χ1v) is 10.7. The minimum absolute atomic E-state index is 0.0126. The van der Waals surface area contributed by atoms with Crippen LogP contribution >= 0.6 is 11.3 Å². The average molecular weight is 454 g/mol. The molecule has 0 radical (unpaired) electrons. The van der Waals surface area contributed by atoms with Gasteiger partial charge < -0.3 is 4.74 Å². The molecule has 0 saturated carbocycles. The third-order valence-corrected chi connectivity index (χ3v) is 6.10. The zero-order valence-corrected chi connectivity index (χ0v) is 17.4. The van der Waals surface area contributed by atoms with Gasteiger partial charge in [-0.05, 0) is 37.4 Å². The molecule has 1 aromatic heterocycles. The fourth-order valence-electron chi connectivity index (χ4n) is 2.29. The molecule has 3 rings (SSSR count). The van der Waals surface area contributed by atoms with Crippen LogP contribution < -0.4 is 19.7 Å². The molecule has 0 aliphatic heterocycles. The number of urea groups is 1. The summed E-state index contributed by atoms with van der Waals surface area (Å²) in [6.07, 6.45) is 1.32. The predicted molar refractivity (Wildman–Crippen MR) is 109 cm³/mol. The molecule has 12 heteroatoms. The topological polar surface area (TPSA) is 101 Å². The second-order valence-electron chi connectivity index (χ2n) is 5.86. The summed E-state index contributed by atoms with van der Waals surface area (Å²) in [4.78, 5) is 17.7. The maximum atomic E-state index is 13.3. The summed E-state index contributed by atoms with van der Waals surface area (Å²) in [6, 6.07) is 8.38. The third-order valence-electron chi connectivity index (χ3n) is 3.90. The molecule has 158 valence electrons. The summed E-state index contributed by atoms with van der Waals surface area (Å²) in [6.45, 7) is 0. The van der Waals surface area contributed by atoms with E-state index in [-0.39, 0.29) is 20.8 Å². The Morgan fingerprint density at radius 1 is 1.17 bits per heavy atom. The monoisotopic (exact) mass is 454 g/mol. The highest BCUT2D eigenvalue weighted by atomic mass is 32.2. The van der Waals surface area contributed by atoms with Gasteiger partial charge in [0.15, 0.2) is 16.8 Å². The largest absolute Gasteiger partial charge is 0.445 e. The molecule has 0 spiro atoms. The summed E-state index contributed by atoms with van der Waals surface area (Å²) < 4.78 is 57.7. The zero-order valence-electron chi connectivity index (χ0n) is 15.7. The Kier molecular flexibility index (Phi) is 6.29. The number of nitrogens with one attached hydrogen (secondary N) is 2. The van der Waals surface area contributed by atoms with Gasteiger partial charge in [0, 0.05) is 18.8 Å². The summed E-state index contributed by atoms with van der Waals surface area (Å²) >= 11 is 0.976. The number of hydrogen-bond donors (Lipinski definition) is 2. The van der Waals surface area contributed by atoms with E-state index in [4.69, 9.17) is 4.74 Å². The second kappa shape index (κ2) is 8.73. The summed E-state index contributed by atoms with van der Waals surface area (Å²) in [5, 5.41) is 3.00. The Balaban J connectivity index is 1.69. The predicted octanol–water partition coefficient (Wildman–Crippen LogP) is 3.79. The fraction of sp³-hybridized carbons (Fsp3) is 0.111. The normalized spacial score (nSPS) is 11.2. The van der Waals surface area contributed by atoms with Crippen molar-refractivity contribution in [1.82, 2.24) is 9.71 Å². The molecule has 2 aromatic carbocycles. The molecule has 2 amide bonds. The van der Waals surface area contributed by atoms with E-state index in [1.165, 1.54) is 49.5 Å². The summed E-state index contributed by atoms with van der Waals surface area (Å²) in [5.41, 5.74) is 0.346. The number of nitrogens with zero attached hydrogens (tertiary/aromatic N) is 2. The van der Waals surface area contributed by atoms with Gasteiger partial charge in [0.25, 0.3) is 0 Å². The average Bonchev–Trinajstić information content (AvgIpc) is 3.16. The van der Waals surface area contributed by atoms with Crippen molar-refractivity contribution in [2.75, 3.05) is 24.3 Å². The molecule has 0 bridgehead atoms. The maximum absolute atomic E-state index is 13.3. The van der Waals surface area contributed by atoms with Crippen LogP contribution in [0, 0.1) is 11.6 Å². The van der Waals surface area contributed by atoms with E-state index in [1.807, 2.05) is 0 Å². The highest BCUT2D eigenvalue weighted by Gasteiger charge is 2.17. The Morgan fingerprint density at radius 2 is 1.93 bits per heavy atom. The Labute approximate surface area is 175 Å². The van der Waals surface area contributed by atoms with Gasteiger partial charge in [-0.25, -0.2) is 31.7 Å². The smallest absolute Gasteiger partial charge is 0.327 e. The number of sulfonamides is 1. The van der Waals surface area contributed by atoms with E-state index < -0.39 is 27.7 Å². The van der Waals surface area contributed by atoms with Gasteiger partial charge in [-0.3, -0.25) is 10.2 Å². The Bertz CT molecular complexity index is 1180. The van der Waals surface area contributed by atoms with E-state index in [9.17, 15) is 22.0 Å². The van der Waals surface area contributed by atoms with Crippen molar-refractivity contribution in [3.05, 3.63) is 60.3 Å². The summed E-state index contributed by atoms with van der Waals surface area (Å²) in [5.74, 6) is -1.96. The minimum Gasteiger partial charge on any atom is -0.445 e. The highest BCUT2D eigenvalue weighted by Crippen LogP contribution is 2.31. The second-order valence-corrected chi connectivity index (χ2v) is 8.74. The van der Waals surface area contributed by atoms with Crippen LogP contribution in [0.15, 0.2) is 53.6 Å². The molecule has 0 unspecified atom stereocenters. The molecule has 2 N–H and O–H groups in total. The molecule has 0 aliphatic rings. The fourth-order valence-corrected chi connectivity index (χ4v) is 3.74. The first-order chi connectivity index (χ1) is 14.2. The molecule has 30 heavy (non-hydrogen) atoms. The van der Waals surface area contributed by atoms with Gasteiger partial charge in [-0.15, -0.1) is 0 Å². The van der Waals surface area contributed by atoms with Crippen LogP contribution in [0.1, 0.15) is 0 Å². The first kappa shape index (κ1) is 21.6. The van der Waals surface area contributed by atoms with Gasteiger partial charge in [0.1, 0.15) is 5.75 Å². The number of anilines is 2. The lowest BCUT2D eigenvalue weighted by Crippen LogP contribution is -2.31. The van der Waals surface area contributed by atoms with Gasteiger partial charge in [0.05, 0.1) is 11.1 Å². The van der Waals surface area contributed by atoms with Crippen molar-refractivity contribution in [3.8, 4) is 10.8 Å². The summed E-state index contributed by atoms with van der Waals surface area (Å²) in [7, 11) is -0.899. The van der Waals surface area contributed by atoms with Gasteiger partial charge in [-0.1, -0.05) is 17.4 Å². The molecule has 0 fully saturated rings. The van der Waals surface area contributed by atoms with Crippen molar-refractivity contribution in [2.45, 2.75) is 4.90 Å². The maximum Gasteiger partial charge on any atom is 0.327 e. The van der Waals surface area contributed by atoms with E-state index in [0.29, 0.717) is 5.69 Å². The molecular formula is C18H16F2N4O4S2. The molecule has 0 atom stereocenters. The quantitative estimate of drug-likeness (QED) is 0.590. The van der Waals surface area contributed by atoms with Gasteiger partial charge in [-0.2, -0.15) is 0 Å². The number of aromatic nitrogens is 1. The molecule has 3 aromatic rings. The lowest BCUT2D eigenvalue weighted by Gasteiger charge is -2.18. The van der Waals surface area contributed by atoms with Crippen LogP contribution in [0.4, 0.5) is 24.4 Å². The number of halogens is 2. The van der Waals surface area contributed by atoms with E-state index >= 15 is 0 Å². The van der Waals surface area contributed by atoms with E-state index in [2.05, 4.69) is 15.0 Å². The standard InChI is InChI=1S/C18H16F2N4O4S2/c1-21-30(26,27)13-5-3-4-11(8-13)24(2)18(25)23-17-22-10-16(29-17)28-12-6-7-14(19)15(20)9-12/h3-10,21H,1-2H3,(H,22,23,25). The number of carbonyl (C=O) groups excluding carboxylic acids is 1. The minimum atomic E-state index is -3.66. The number of thiazole rings is 1. The van der Waals surface area contributed by atoms with E-state index in [0.717, 1.165) is 23.5 Å². The molecular weight excluding hydrogens is 438 g/mol. The van der Waals surface area contributed by atoms with Gasteiger partial charge >= 0.3 is 6.03 Å². The number of amides is 2. The Hall–Kier alpha value is -3.09. The molecule has 0 saturated heterocycles. The van der Waals surface area contributed by atoms with Crippen LogP contribution in [0.5, 0.6) is 10.8 Å². The van der Waals surface area contributed by atoms with Crippen LogP contribution in [0.3, 0.4) is 0 Å². The van der Waals surface area contributed by atoms with Crippen LogP contribution in [0.2, 0.25) is 0 Å². The van der Waals surface area contributed by atoms with E-state index in [1.54, 1.807) is 6.07 Å². The number of rotatable bonds is 6. The number of ether oxygens (including phenoxy) is 1. The van der Waals surface area contributed by atoms with Crippen LogP contribution in [0.25, 0.3) is 0 Å². The molecule has 0 aliphatic carbocycles. The van der Waals surface area contributed by atoms with Crippen molar-refractivity contribution in [2.24, 2.45) is 0 Å². The first-order valence-electron chi connectivity index (χ1n) is 8.36. The van der Waals surface area contributed by atoms with Crippen LogP contribution in [-0.4, -0.2) is 33.5 Å². The third kappa shape index (κ3) is 4.90. The van der Waals surface area contributed by atoms with Crippen molar-refractivity contribution in [1.29, 1.82) is 0 Å². The SMILES string of the molecule is CNS(=O)(=O)c1cccc(N(C)C(=O)Nc2ncc(Oc3ccc(F)c(F)c3)s2)c1. The van der Waals surface area contributed by atoms with Crippen molar-refractivity contribution >= 4 is 38.2 Å². The molecule has 8 nitrogen and oxygen atoms in total. The van der Waals surface area contributed by atoms with Crippen molar-refractivity contribution < 1.29 is 26.7 Å². The number of carbonyl (C=O) groups is 1. The lowest BCUT2D eigenvalue weighted by atomic mass is 10.3. The Morgan fingerprint density at radius 3 is 2.63 bits per heavy atom. The van der Waals surface area contributed by atoms with Crippen molar-refractivity contribution in [3.63, 3.8) is 0 Å². The zero-order chi connectivity index (χ0) is 21.9. The highest BCUT2D eigenvalue weighted by molar-refractivity contribution is 7.89. The number of benzene rings is 2.